The topological polar surface area (TPSA) is 38.3 Å². The molecule has 1 aromatic carbocycles. The minimum atomic E-state index is -0.385. The van der Waals surface area contributed by atoms with Gasteiger partial charge in [0.15, 0.2) is 0 Å². The zero-order chi connectivity index (χ0) is 13.9. The summed E-state index contributed by atoms with van der Waals surface area (Å²) in [5, 5.41) is 3.53. The van der Waals surface area contributed by atoms with Crippen LogP contribution in [0.25, 0.3) is 0 Å². The summed E-state index contributed by atoms with van der Waals surface area (Å²) in [5.74, 6) is 0.210. The third-order valence-corrected chi connectivity index (χ3v) is 4.53. The summed E-state index contributed by atoms with van der Waals surface area (Å²) in [4.78, 5) is 12.4. The van der Waals surface area contributed by atoms with Crippen molar-refractivity contribution in [2.24, 2.45) is 0 Å². The van der Waals surface area contributed by atoms with Crippen LogP contribution in [0.2, 0.25) is 5.02 Å². The SMILES string of the molecule is Cc1cccc(C(=O)NC2(CCl)CCOCC2)c1Cl. The van der Waals surface area contributed by atoms with Gasteiger partial charge in [0.05, 0.1) is 16.1 Å². The van der Waals surface area contributed by atoms with Crippen LogP contribution in [0.1, 0.15) is 28.8 Å². The predicted octanol–water partition coefficient (Wildman–Crippen LogP) is 3.17. The van der Waals surface area contributed by atoms with Gasteiger partial charge in [0, 0.05) is 19.1 Å². The number of amides is 1. The molecule has 1 aliphatic rings. The molecule has 1 aliphatic heterocycles. The molecule has 0 radical (unpaired) electrons. The van der Waals surface area contributed by atoms with Crippen LogP contribution in [0.5, 0.6) is 0 Å². The fraction of sp³-hybridized carbons (Fsp3) is 0.500. The molecular weight excluding hydrogens is 285 g/mol. The molecule has 1 fully saturated rings. The van der Waals surface area contributed by atoms with E-state index < -0.39 is 0 Å². The summed E-state index contributed by atoms with van der Waals surface area (Å²) in [6.45, 7) is 3.12. The second kappa shape index (κ2) is 6.12. The van der Waals surface area contributed by atoms with Crippen molar-refractivity contribution >= 4 is 29.1 Å². The molecule has 5 heteroatoms. The van der Waals surface area contributed by atoms with E-state index in [9.17, 15) is 4.79 Å². The standard InChI is InChI=1S/C14H17Cl2NO2/c1-10-3-2-4-11(12(10)16)13(18)17-14(9-15)5-7-19-8-6-14/h2-4H,5-9H2,1H3,(H,17,18). The summed E-state index contributed by atoms with van der Waals surface area (Å²) in [5.41, 5.74) is 1.00. The van der Waals surface area contributed by atoms with Crippen molar-refractivity contribution in [3.05, 3.63) is 34.3 Å². The highest BCUT2D eigenvalue weighted by atomic mass is 35.5. The molecule has 1 amide bonds. The normalized spacial score (nSPS) is 18.1. The van der Waals surface area contributed by atoms with Crippen LogP contribution < -0.4 is 5.32 Å². The van der Waals surface area contributed by atoms with E-state index in [1.165, 1.54) is 0 Å². The second-order valence-corrected chi connectivity index (χ2v) is 5.56. The van der Waals surface area contributed by atoms with Crippen molar-refractivity contribution in [3.8, 4) is 0 Å². The van der Waals surface area contributed by atoms with Gasteiger partial charge in [0.2, 0.25) is 0 Å². The Labute approximate surface area is 123 Å². The van der Waals surface area contributed by atoms with Crippen LogP contribution in [0.15, 0.2) is 18.2 Å². The number of nitrogens with one attached hydrogen (secondary N) is 1. The number of alkyl halides is 1. The van der Waals surface area contributed by atoms with E-state index in [2.05, 4.69) is 5.32 Å². The molecular formula is C14H17Cl2NO2. The Bertz CT molecular complexity index is 471. The van der Waals surface area contributed by atoms with Gasteiger partial charge in [-0.25, -0.2) is 0 Å². The van der Waals surface area contributed by atoms with E-state index in [0.29, 0.717) is 29.7 Å². The predicted molar refractivity (Wildman–Crippen MR) is 77.2 cm³/mol. The monoisotopic (exact) mass is 301 g/mol. The maximum Gasteiger partial charge on any atom is 0.253 e. The molecule has 1 aromatic rings. The number of halogens is 2. The highest BCUT2D eigenvalue weighted by Gasteiger charge is 2.34. The van der Waals surface area contributed by atoms with E-state index in [-0.39, 0.29) is 11.4 Å². The third-order valence-electron chi connectivity index (χ3n) is 3.52. The van der Waals surface area contributed by atoms with Crippen LogP contribution in [-0.2, 0) is 4.74 Å². The molecule has 104 valence electrons. The van der Waals surface area contributed by atoms with E-state index in [0.717, 1.165) is 18.4 Å². The molecule has 0 aromatic heterocycles. The minimum absolute atomic E-state index is 0.170. The van der Waals surface area contributed by atoms with E-state index in [1.807, 2.05) is 19.1 Å². The Balaban J connectivity index is 2.17. The number of rotatable bonds is 3. The van der Waals surface area contributed by atoms with Crippen LogP contribution in [0, 0.1) is 6.92 Å². The molecule has 19 heavy (non-hydrogen) atoms. The lowest BCUT2D eigenvalue weighted by atomic mass is 9.91. The molecule has 1 N–H and O–H groups in total. The van der Waals surface area contributed by atoms with Gasteiger partial charge in [-0.2, -0.15) is 0 Å². The van der Waals surface area contributed by atoms with E-state index in [1.54, 1.807) is 6.07 Å². The first kappa shape index (κ1) is 14.6. The highest BCUT2D eigenvalue weighted by molar-refractivity contribution is 6.34. The highest BCUT2D eigenvalue weighted by Crippen LogP contribution is 2.25. The maximum absolute atomic E-state index is 12.4. The number of hydrogen-bond acceptors (Lipinski definition) is 2. The molecule has 0 atom stereocenters. The lowest BCUT2D eigenvalue weighted by molar-refractivity contribution is 0.0434. The quantitative estimate of drug-likeness (QED) is 0.871. The minimum Gasteiger partial charge on any atom is -0.381 e. The smallest absolute Gasteiger partial charge is 0.253 e. The van der Waals surface area contributed by atoms with Gasteiger partial charge in [-0.1, -0.05) is 23.7 Å². The molecule has 0 aliphatic carbocycles. The number of benzene rings is 1. The van der Waals surface area contributed by atoms with Gasteiger partial charge in [0.1, 0.15) is 0 Å². The summed E-state index contributed by atoms with van der Waals surface area (Å²) in [6, 6.07) is 5.43. The fourth-order valence-electron chi connectivity index (χ4n) is 2.19. The summed E-state index contributed by atoms with van der Waals surface area (Å²) < 4.78 is 5.32. The van der Waals surface area contributed by atoms with Gasteiger partial charge in [-0.05, 0) is 31.4 Å². The van der Waals surface area contributed by atoms with Crippen molar-refractivity contribution in [2.45, 2.75) is 25.3 Å². The molecule has 0 bridgehead atoms. The number of carbonyl (C=O) groups excluding carboxylic acids is 1. The Morgan fingerprint density at radius 2 is 2.11 bits per heavy atom. The van der Waals surface area contributed by atoms with Crippen LogP contribution in [0.4, 0.5) is 0 Å². The average molecular weight is 302 g/mol. The van der Waals surface area contributed by atoms with Gasteiger partial charge in [0.25, 0.3) is 5.91 Å². The largest absolute Gasteiger partial charge is 0.381 e. The molecule has 1 saturated heterocycles. The molecule has 0 spiro atoms. The van der Waals surface area contributed by atoms with Gasteiger partial charge < -0.3 is 10.1 Å². The molecule has 1 heterocycles. The number of aryl methyl sites for hydroxylation is 1. The van der Waals surface area contributed by atoms with Crippen molar-refractivity contribution in [1.82, 2.24) is 5.32 Å². The molecule has 2 rings (SSSR count). The maximum atomic E-state index is 12.4. The lowest BCUT2D eigenvalue weighted by Crippen LogP contribution is -2.53. The first-order valence-electron chi connectivity index (χ1n) is 6.29. The van der Waals surface area contributed by atoms with Crippen molar-refractivity contribution in [1.29, 1.82) is 0 Å². The average Bonchev–Trinajstić information content (AvgIpc) is 2.42. The number of carbonyl (C=O) groups is 1. The van der Waals surface area contributed by atoms with Gasteiger partial charge >= 0.3 is 0 Å². The van der Waals surface area contributed by atoms with Crippen molar-refractivity contribution < 1.29 is 9.53 Å². The zero-order valence-electron chi connectivity index (χ0n) is 10.8. The summed E-state index contributed by atoms with van der Waals surface area (Å²) in [7, 11) is 0. The van der Waals surface area contributed by atoms with Crippen molar-refractivity contribution in [3.63, 3.8) is 0 Å². The summed E-state index contributed by atoms with van der Waals surface area (Å²) >= 11 is 12.2. The Morgan fingerprint density at radius 1 is 1.42 bits per heavy atom. The Kier molecular flexibility index (Phi) is 4.71. The first-order chi connectivity index (χ1) is 9.08. The Morgan fingerprint density at radius 3 is 2.74 bits per heavy atom. The second-order valence-electron chi connectivity index (χ2n) is 4.92. The number of ether oxygens (including phenoxy) is 1. The summed E-state index contributed by atoms with van der Waals surface area (Å²) in [6.07, 6.45) is 1.46. The van der Waals surface area contributed by atoms with Crippen molar-refractivity contribution in [2.75, 3.05) is 19.1 Å². The number of hydrogen-bond donors (Lipinski definition) is 1. The first-order valence-corrected chi connectivity index (χ1v) is 7.20. The molecule has 3 nitrogen and oxygen atoms in total. The zero-order valence-corrected chi connectivity index (χ0v) is 12.4. The van der Waals surface area contributed by atoms with E-state index in [4.69, 9.17) is 27.9 Å². The molecule has 0 unspecified atom stereocenters. The van der Waals surface area contributed by atoms with Crippen LogP contribution in [0.3, 0.4) is 0 Å². The molecule has 0 saturated carbocycles. The van der Waals surface area contributed by atoms with Gasteiger partial charge in [-0.3, -0.25) is 4.79 Å². The lowest BCUT2D eigenvalue weighted by Gasteiger charge is -2.36. The fourth-order valence-corrected chi connectivity index (χ4v) is 2.73. The Hall–Kier alpha value is -0.770. The van der Waals surface area contributed by atoms with E-state index >= 15 is 0 Å². The van der Waals surface area contributed by atoms with Crippen LogP contribution >= 0.6 is 23.2 Å². The van der Waals surface area contributed by atoms with Gasteiger partial charge in [-0.15, -0.1) is 11.6 Å². The van der Waals surface area contributed by atoms with Crippen LogP contribution in [-0.4, -0.2) is 30.5 Å². The third kappa shape index (κ3) is 3.22.